The van der Waals surface area contributed by atoms with E-state index in [-0.39, 0.29) is 11.9 Å². The van der Waals surface area contributed by atoms with Gasteiger partial charge in [-0.1, -0.05) is 57.9 Å². The number of aryl methyl sites for hydroxylation is 1. The normalized spacial score (nSPS) is 12.5. The molecular formula is C27H36FN3O2. The van der Waals surface area contributed by atoms with Gasteiger partial charge in [0.05, 0.1) is 23.0 Å². The molecule has 1 N–H and O–H groups in total. The van der Waals surface area contributed by atoms with Gasteiger partial charge in [-0.25, -0.2) is 9.07 Å². The molecule has 0 aliphatic carbocycles. The van der Waals surface area contributed by atoms with Crippen molar-refractivity contribution in [1.29, 1.82) is 0 Å². The van der Waals surface area contributed by atoms with Crippen molar-refractivity contribution >= 4 is 0 Å². The van der Waals surface area contributed by atoms with E-state index in [1.54, 1.807) is 16.8 Å². The fourth-order valence-electron chi connectivity index (χ4n) is 3.98. The molecule has 1 atom stereocenters. The predicted molar refractivity (Wildman–Crippen MR) is 130 cm³/mol. The Bertz CT molecular complexity index is 1000. The first kappa shape index (κ1) is 24.9. The number of aromatic nitrogens is 2. The Morgan fingerprint density at radius 1 is 1.09 bits per heavy atom. The first-order valence-electron chi connectivity index (χ1n) is 11.8. The minimum absolute atomic E-state index is 0.350. The first-order chi connectivity index (χ1) is 15.9. The van der Waals surface area contributed by atoms with Gasteiger partial charge in [-0.3, -0.25) is 4.90 Å². The summed E-state index contributed by atoms with van der Waals surface area (Å²) in [6.07, 6.45) is 2.49. The van der Waals surface area contributed by atoms with Crippen molar-refractivity contribution in [3.05, 3.63) is 71.7 Å². The summed E-state index contributed by atoms with van der Waals surface area (Å²) in [5, 5.41) is 15.4. The third kappa shape index (κ3) is 7.14. The van der Waals surface area contributed by atoms with Gasteiger partial charge in [0, 0.05) is 25.7 Å². The van der Waals surface area contributed by atoms with Crippen LogP contribution in [-0.2, 0) is 6.54 Å². The molecule has 6 heteroatoms. The smallest absolute Gasteiger partial charge is 0.227 e. The summed E-state index contributed by atoms with van der Waals surface area (Å²) in [7, 11) is 0. The Kier molecular flexibility index (Phi) is 9.03. The second-order valence-electron chi connectivity index (χ2n) is 9.06. The van der Waals surface area contributed by atoms with E-state index >= 15 is 0 Å². The standard InChI is InChI=1S/C27H36FN3O2/c1-5-6-14-24(32)18-30(17-20(2)3)19-26-21(4)29-31(23-12-8-7-9-13-23)27(26)33-25-15-10-11-22(28)16-25/h7-13,15-16,20,24,32H,5-6,14,17-19H2,1-4H3. The molecular weight excluding hydrogens is 417 g/mol. The van der Waals surface area contributed by atoms with Gasteiger partial charge < -0.3 is 9.84 Å². The average Bonchev–Trinajstić information content (AvgIpc) is 3.07. The van der Waals surface area contributed by atoms with E-state index in [1.807, 2.05) is 37.3 Å². The number of aliphatic hydroxyl groups excluding tert-OH is 1. The topological polar surface area (TPSA) is 50.5 Å². The summed E-state index contributed by atoms with van der Waals surface area (Å²) in [6, 6.07) is 15.9. The molecule has 0 fully saturated rings. The van der Waals surface area contributed by atoms with E-state index in [9.17, 15) is 9.50 Å². The number of ether oxygens (including phenoxy) is 1. The molecule has 3 aromatic rings. The lowest BCUT2D eigenvalue weighted by atomic mass is 10.1. The van der Waals surface area contributed by atoms with Crippen LogP contribution in [0.4, 0.5) is 4.39 Å². The highest BCUT2D eigenvalue weighted by Gasteiger charge is 2.23. The van der Waals surface area contributed by atoms with Crippen molar-refractivity contribution in [3.63, 3.8) is 0 Å². The van der Waals surface area contributed by atoms with E-state index in [0.717, 1.165) is 42.8 Å². The summed E-state index contributed by atoms with van der Waals surface area (Å²) in [5.41, 5.74) is 2.66. The molecule has 3 rings (SSSR count). The van der Waals surface area contributed by atoms with Crippen LogP contribution in [0.15, 0.2) is 54.6 Å². The van der Waals surface area contributed by atoms with Gasteiger partial charge in [0.15, 0.2) is 0 Å². The number of benzene rings is 2. The lowest BCUT2D eigenvalue weighted by molar-refractivity contribution is 0.0927. The van der Waals surface area contributed by atoms with Crippen LogP contribution in [0.25, 0.3) is 5.69 Å². The van der Waals surface area contributed by atoms with Crippen LogP contribution in [-0.4, -0.2) is 39.0 Å². The number of para-hydroxylation sites is 1. The van der Waals surface area contributed by atoms with Gasteiger partial charge in [-0.15, -0.1) is 0 Å². The van der Waals surface area contributed by atoms with Crippen LogP contribution in [0, 0.1) is 18.7 Å². The van der Waals surface area contributed by atoms with Crippen LogP contribution in [0.5, 0.6) is 11.6 Å². The zero-order valence-electron chi connectivity index (χ0n) is 20.2. The molecule has 0 aliphatic heterocycles. The molecule has 5 nitrogen and oxygen atoms in total. The van der Waals surface area contributed by atoms with E-state index < -0.39 is 0 Å². The summed E-state index contributed by atoms with van der Waals surface area (Å²) in [6.45, 7) is 10.5. The molecule has 0 radical (unpaired) electrons. The molecule has 0 spiro atoms. The minimum Gasteiger partial charge on any atom is -0.438 e. The Morgan fingerprint density at radius 3 is 2.52 bits per heavy atom. The number of aliphatic hydroxyl groups is 1. The summed E-state index contributed by atoms with van der Waals surface area (Å²) >= 11 is 0. The second kappa shape index (κ2) is 12.0. The lowest BCUT2D eigenvalue weighted by Gasteiger charge is -2.27. The van der Waals surface area contributed by atoms with Crippen LogP contribution < -0.4 is 4.74 Å². The van der Waals surface area contributed by atoms with E-state index in [2.05, 4.69) is 25.7 Å². The van der Waals surface area contributed by atoms with Crippen LogP contribution in [0.2, 0.25) is 0 Å². The number of halogens is 1. The molecule has 178 valence electrons. The second-order valence-corrected chi connectivity index (χ2v) is 9.06. The average molecular weight is 454 g/mol. The highest BCUT2D eigenvalue weighted by molar-refractivity contribution is 5.43. The minimum atomic E-state index is -0.374. The highest BCUT2D eigenvalue weighted by atomic mass is 19.1. The molecule has 0 amide bonds. The van der Waals surface area contributed by atoms with Crippen molar-refractivity contribution in [2.75, 3.05) is 13.1 Å². The first-order valence-corrected chi connectivity index (χ1v) is 11.8. The Hall–Kier alpha value is -2.70. The largest absolute Gasteiger partial charge is 0.438 e. The van der Waals surface area contributed by atoms with Crippen LogP contribution >= 0.6 is 0 Å². The molecule has 2 aromatic carbocycles. The Labute approximate surface area is 196 Å². The molecule has 0 aliphatic rings. The number of nitrogens with zero attached hydrogens (tertiary/aromatic N) is 3. The monoisotopic (exact) mass is 453 g/mol. The molecule has 1 heterocycles. The van der Waals surface area contributed by atoms with Crippen LogP contribution in [0.1, 0.15) is 51.3 Å². The SMILES string of the molecule is CCCCC(O)CN(Cc1c(C)nn(-c2ccccc2)c1Oc1cccc(F)c1)CC(C)C. The molecule has 0 saturated carbocycles. The molecule has 0 saturated heterocycles. The third-order valence-electron chi connectivity index (χ3n) is 5.51. The fraction of sp³-hybridized carbons (Fsp3) is 0.444. The summed E-state index contributed by atoms with van der Waals surface area (Å²) < 4.78 is 21.9. The number of rotatable bonds is 12. The zero-order chi connectivity index (χ0) is 23.8. The van der Waals surface area contributed by atoms with Crippen molar-refractivity contribution < 1.29 is 14.2 Å². The predicted octanol–water partition coefficient (Wildman–Crippen LogP) is 6.12. The van der Waals surface area contributed by atoms with Crippen molar-refractivity contribution in [2.45, 2.75) is 59.6 Å². The molecule has 33 heavy (non-hydrogen) atoms. The van der Waals surface area contributed by atoms with Gasteiger partial charge in [-0.05, 0) is 43.5 Å². The number of hydrogen-bond donors (Lipinski definition) is 1. The van der Waals surface area contributed by atoms with Gasteiger partial charge in [0.2, 0.25) is 5.88 Å². The van der Waals surface area contributed by atoms with Gasteiger partial charge in [-0.2, -0.15) is 5.10 Å². The number of hydrogen-bond acceptors (Lipinski definition) is 4. The van der Waals surface area contributed by atoms with E-state index in [0.29, 0.717) is 30.6 Å². The van der Waals surface area contributed by atoms with Gasteiger partial charge in [0.25, 0.3) is 0 Å². The molecule has 0 bridgehead atoms. The van der Waals surface area contributed by atoms with Crippen LogP contribution in [0.3, 0.4) is 0 Å². The molecule has 1 aromatic heterocycles. The van der Waals surface area contributed by atoms with Crippen molar-refractivity contribution in [2.24, 2.45) is 5.92 Å². The summed E-state index contributed by atoms with van der Waals surface area (Å²) in [5.74, 6) is 1.09. The fourth-order valence-corrected chi connectivity index (χ4v) is 3.98. The zero-order valence-corrected chi connectivity index (χ0v) is 20.2. The Morgan fingerprint density at radius 2 is 1.85 bits per heavy atom. The van der Waals surface area contributed by atoms with E-state index in [1.165, 1.54) is 12.1 Å². The Balaban J connectivity index is 1.97. The maximum absolute atomic E-state index is 13.9. The third-order valence-corrected chi connectivity index (χ3v) is 5.51. The summed E-state index contributed by atoms with van der Waals surface area (Å²) in [4.78, 5) is 2.27. The quantitative estimate of drug-likeness (QED) is 0.359. The maximum atomic E-state index is 13.9. The van der Waals surface area contributed by atoms with Crippen molar-refractivity contribution in [3.8, 4) is 17.3 Å². The highest BCUT2D eigenvalue weighted by Crippen LogP contribution is 2.32. The van der Waals surface area contributed by atoms with E-state index in [4.69, 9.17) is 9.84 Å². The lowest BCUT2D eigenvalue weighted by Crippen LogP contribution is -2.35. The maximum Gasteiger partial charge on any atom is 0.227 e. The number of unbranched alkanes of at least 4 members (excludes halogenated alkanes) is 1. The molecule has 1 unspecified atom stereocenters. The van der Waals surface area contributed by atoms with Crippen molar-refractivity contribution in [1.82, 2.24) is 14.7 Å². The van der Waals surface area contributed by atoms with Gasteiger partial charge >= 0.3 is 0 Å². The van der Waals surface area contributed by atoms with Gasteiger partial charge in [0.1, 0.15) is 11.6 Å².